The molecule has 27 heavy (non-hydrogen) atoms. The highest BCUT2D eigenvalue weighted by atomic mass is 16.7. The van der Waals surface area contributed by atoms with Crippen LogP contribution in [0.25, 0.3) is 0 Å². The number of rotatable bonds is 3. The van der Waals surface area contributed by atoms with E-state index in [9.17, 15) is 14.7 Å². The van der Waals surface area contributed by atoms with Crippen molar-refractivity contribution in [1.29, 1.82) is 0 Å². The maximum atomic E-state index is 12.3. The number of aliphatic hydroxyl groups is 1. The van der Waals surface area contributed by atoms with Gasteiger partial charge in [0.1, 0.15) is 6.10 Å². The van der Waals surface area contributed by atoms with Crippen LogP contribution in [0.1, 0.15) is 53.9 Å². The predicted molar refractivity (Wildman–Crippen MR) is 98.5 cm³/mol. The third-order valence-electron chi connectivity index (χ3n) is 7.32. The van der Waals surface area contributed by atoms with Crippen LogP contribution in [0.5, 0.6) is 0 Å². The molecule has 6 heteroatoms. The molecular formula is C21H30O6. The van der Waals surface area contributed by atoms with Gasteiger partial charge in [-0.15, -0.1) is 0 Å². The Balaban J connectivity index is 1.95. The minimum absolute atomic E-state index is 0.0780. The molecule has 0 saturated heterocycles. The number of esters is 2. The summed E-state index contributed by atoms with van der Waals surface area (Å²) in [6.07, 6.45) is 2.54. The van der Waals surface area contributed by atoms with Crippen molar-refractivity contribution in [2.75, 3.05) is 7.11 Å². The van der Waals surface area contributed by atoms with Crippen molar-refractivity contribution in [1.82, 2.24) is 0 Å². The fraction of sp³-hybridized carbons (Fsp3) is 0.714. The molecule has 0 aromatic rings. The van der Waals surface area contributed by atoms with Gasteiger partial charge in [-0.25, -0.2) is 9.59 Å². The summed E-state index contributed by atoms with van der Waals surface area (Å²) in [5.41, 5.74) is 0.974. The molecule has 2 saturated carbocycles. The molecular weight excluding hydrogens is 348 g/mol. The van der Waals surface area contributed by atoms with Crippen LogP contribution in [-0.4, -0.2) is 42.1 Å². The Hall–Kier alpha value is -1.66. The van der Waals surface area contributed by atoms with Gasteiger partial charge in [-0.1, -0.05) is 19.9 Å². The number of ether oxygens (including phenoxy) is 3. The van der Waals surface area contributed by atoms with Crippen molar-refractivity contribution in [2.24, 2.45) is 17.3 Å². The van der Waals surface area contributed by atoms with E-state index in [2.05, 4.69) is 0 Å². The first-order valence-corrected chi connectivity index (χ1v) is 9.64. The second kappa shape index (κ2) is 6.74. The number of aliphatic hydroxyl groups excluding tert-OH is 1. The van der Waals surface area contributed by atoms with Gasteiger partial charge in [0.25, 0.3) is 0 Å². The fourth-order valence-electron chi connectivity index (χ4n) is 5.11. The van der Waals surface area contributed by atoms with Crippen LogP contribution in [0.15, 0.2) is 22.8 Å². The summed E-state index contributed by atoms with van der Waals surface area (Å²) in [6, 6.07) is 0. The second-order valence-electron chi connectivity index (χ2n) is 8.34. The second-order valence-corrected chi connectivity index (χ2v) is 8.34. The number of allylic oxidation sites excluding steroid dienone is 1. The summed E-state index contributed by atoms with van der Waals surface area (Å²) >= 11 is 0. The van der Waals surface area contributed by atoms with E-state index in [1.165, 1.54) is 7.11 Å². The molecule has 3 rings (SSSR count). The maximum Gasteiger partial charge on any atom is 0.336 e. The van der Waals surface area contributed by atoms with Gasteiger partial charge in [0.05, 0.1) is 6.10 Å². The summed E-state index contributed by atoms with van der Waals surface area (Å²) in [5, 5.41) is 11.4. The highest BCUT2D eigenvalue weighted by Gasteiger charge is 2.65. The van der Waals surface area contributed by atoms with Crippen molar-refractivity contribution < 1.29 is 28.9 Å². The summed E-state index contributed by atoms with van der Waals surface area (Å²) in [5.74, 6) is -1.92. The van der Waals surface area contributed by atoms with Gasteiger partial charge in [-0.2, -0.15) is 0 Å². The van der Waals surface area contributed by atoms with Crippen LogP contribution in [0.3, 0.4) is 0 Å². The van der Waals surface area contributed by atoms with E-state index in [0.717, 1.165) is 6.42 Å². The van der Waals surface area contributed by atoms with Gasteiger partial charge in [-0.3, -0.25) is 0 Å². The molecule has 0 aromatic carbocycles. The number of hydrogen-bond donors (Lipinski definition) is 1. The zero-order valence-corrected chi connectivity index (χ0v) is 17.0. The van der Waals surface area contributed by atoms with E-state index in [1.807, 2.05) is 13.8 Å². The lowest BCUT2D eigenvalue weighted by Gasteiger charge is -2.57. The van der Waals surface area contributed by atoms with Gasteiger partial charge in [0, 0.05) is 41.6 Å². The molecule has 2 fully saturated rings. The fourth-order valence-corrected chi connectivity index (χ4v) is 5.11. The van der Waals surface area contributed by atoms with E-state index in [1.54, 1.807) is 26.8 Å². The Morgan fingerprint density at radius 1 is 1.37 bits per heavy atom. The molecule has 1 heterocycles. The molecule has 1 N–H and O–H groups in total. The van der Waals surface area contributed by atoms with Crippen molar-refractivity contribution in [2.45, 2.75) is 71.9 Å². The van der Waals surface area contributed by atoms with Gasteiger partial charge >= 0.3 is 11.9 Å². The molecule has 0 aromatic heterocycles. The first-order valence-electron chi connectivity index (χ1n) is 9.64. The first-order chi connectivity index (χ1) is 12.6. The number of hydrogen-bond acceptors (Lipinski definition) is 6. The van der Waals surface area contributed by atoms with E-state index < -0.39 is 23.3 Å². The number of methoxy groups -OCH3 is 1. The predicted octanol–water partition coefficient (Wildman–Crippen LogP) is 2.90. The van der Waals surface area contributed by atoms with E-state index in [4.69, 9.17) is 14.2 Å². The van der Waals surface area contributed by atoms with Gasteiger partial charge in [0.2, 0.25) is 5.79 Å². The Morgan fingerprint density at radius 3 is 2.63 bits per heavy atom. The molecule has 150 valence electrons. The van der Waals surface area contributed by atoms with Gasteiger partial charge < -0.3 is 19.3 Å². The average Bonchev–Trinajstić information content (AvgIpc) is 2.90. The molecule has 6 atom stereocenters. The van der Waals surface area contributed by atoms with Crippen LogP contribution < -0.4 is 0 Å². The lowest BCUT2D eigenvalue weighted by atomic mass is 9.51. The molecule has 2 aliphatic carbocycles. The highest BCUT2D eigenvalue weighted by molar-refractivity contribution is 5.92. The van der Waals surface area contributed by atoms with Crippen LogP contribution in [0, 0.1) is 17.3 Å². The van der Waals surface area contributed by atoms with Crippen LogP contribution in [0.2, 0.25) is 0 Å². The third kappa shape index (κ3) is 2.76. The van der Waals surface area contributed by atoms with Crippen LogP contribution >= 0.6 is 0 Å². The Kier molecular flexibility index (Phi) is 5.02. The normalized spacial score (nSPS) is 41.7. The zero-order valence-electron chi connectivity index (χ0n) is 17.0. The topological polar surface area (TPSA) is 82.1 Å². The minimum atomic E-state index is -1.17. The third-order valence-corrected chi connectivity index (χ3v) is 7.32. The van der Waals surface area contributed by atoms with Crippen molar-refractivity contribution in [3.8, 4) is 0 Å². The van der Waals surface area contributed by atoms with Gasteiger partial charge in [-0.05, 0) is 39.5 Å². The first kappa shape index (κ1) is 20.1. The van der Waals surface area contributed by atoms with Gasteiger partial charge in [0.15, 0.2) is 0 Å². The van der Waals surface area contributed by atoms with E-state index in [0.29, 0.717) is 29.6 Å². The highest BCUT2D eigenvalue weighted by Crippen LogP contribution is 2.60. The molecule has 0 unspecified atom stereocenters. The minimum Gasteiger partial charge on any atom is -0.459 e. The lowest BCUT2D eigenvalue weighted by molar-refractivity contribution is -0.241. The van der Waals surface area contributed by atoms with Crippen molar-refractivity contribution in [3.63, 3.8) is 0 Å². The quantitative estimate of drug-likeness (QED) is 0.601. The van der Waals surface area contributed by atoms with Crippen molar-refractivity contribution >= 4 is 11.9 Å². The summed E-state index contributed by atoms with van der Waals surface area (Å²) in [4.78, 5) is 24.5. The Labute approximate surface area is 160 Å². The molecule has 3 aliphatic rings. The number of carbonyl (C=O) groups is 2. The van der Waals surface area contributed by atoms with E-state index in [-0.39, 0.29) is 23.9 Å². The SMILES string of the molecule is C/C=C(/C)C(=O)O[C@H]1CC[C@@H]2C[C@@]3(OC)OC(=O)C(C)=C3[C@@H](O)[C@]2(C)[C@H]1C. The van der Waals surface area contributed by atoms with Crippen molar-refractivity contribution in [3.05, 3.63) is 22.8 Å². The molecule has 0 spiro atoms. The zero-order chi connectivity index (χ0) is 20.1. The van der Waals surface area contributed by atoms with Crippen LogP contribution in [-0.2, 0) is 23.8 Å². The lowest BCUT2D eigenvalue weighted by Crippen LogP contribution is -2.61. The summed E-state index contributed by atoms with van der Waals surface area (Å²) in [6.45, 7) is 9.26. The molecule has 1 aliphatic heterocycles. The Morgan fingerprint density at radius 2 is 2.04 bits per heavy atom. The molecule has 0 radical (unpaired) electrons. The Bertz CT molecular complexity index is 722. The summed E-state index contributed by atoms with van der Waals surface area (Å²) in [7, 11) is 1.51. The standard InChI is InChI=1S/C21H30O6/c1-7-11(2)18(23)26-15-9-8-14-10-21(25-6)16(12(3)19(24)27-21)17(22)20(14,5)13(15)4/h7,13-15,17,22H,8-10H2,1-6H3/b11-7-/t13-,14+,15-,17+,20+,21+/m0/s1. The maximum absolute atomic E-state index is 12.3. The largest absolute Gasteiger partial charge is 0.459 e. The monoisotopic (exact) mass is 378 g/mol. The number of fused-ring (bicyclic) bond motifs is 2. The molecule has 0 amide bonds. The summed E-state index contributed by atoms with van der Waals surface area (Å²) < 4.78 is 17.0. The molecule has 6 nitrogen and oxygen atoms in total. The average molecular weight is 378 g/mol. The van der Waals surface area contributed by atoms with Crippen LogP contribution in [0.4, 0.5) is 0 Å². The number of carbonyl (C=O) groups excluding carboxylic acids is 2. The van der Waals surface area contributed by atoms with E-state index >= 15 is 0 Å². The molecule has 0 bridgehead atoms. The smallest absolute Gasteiger partial charge is 0.336 e.